The Morgan fingerprint density at radius 2 is 1.97 bits per heavy atom. The molecule has 1 saturated heterocycles. The lowest BCUT2D eigenvalue weighted by molar-refractivity contribution is -0.139. The fourth-order valence-corrected chi connectivity index (χ4v) is 5.55. The number of aromatic nitrogens is 1. The van der Waals surface area contributed by atoms with E-state index in [0.29, 0.717) is 38.6 Å². The molecule has 1 aliphatic heterocycles. The Balaban J connectivity index is 1.48. The molecule has 1 aliphatic carbocycles. The predicted molar refractivity (Wildman–Crippen MR) is 148 cm³/mol. The Hall–Kier alpha value is -2.55. The van der Waals surface area contributed by atoms with Crippen molar-refractivity contribution < 1.29 is 19.4 Å². The van der Waals surface area contributed by atoms with Crippen LogP contribution in [-0.4, -0.2) is 72.3 Å². The quantitative estimate of drug-likeness (QED) is 0.348. The number of ether oxygens (including phenoxy) is 1. The van der Waals surface area contributed by atoms with Gasteiger partial charge in [0, 0.05) is 50.5 Å². The third kappa shape index (κ3) is 7.52. The number of hydrogen-bond donors (Lipinski definition) is 3. The maximum atomic E-state index is 13.9. The van der Waals surface area contributed by atoms with E-state index in [9.17, 15) is 14.7 Å². The van der Waals surface area contributed by atoms with Gasteiger partial charge in [0.2, 0.25) is 11.8 Å². The van der Waals surface area contributed by atoms with Gasteiger partial charge in [0.1, 0.15) is 0 Å². The summed E-state index contributed by atoms with van der Waals surface area (Å²) in [5.74, 6) is -0.0991. The van der Waals surface area contributed by atoms with Crippen LogP contribution in [0.5, 0.6) is 0 Å². The number of methoxy groups -OCH3 is 1. The number of carbonyl (C=O) groups excluding carboxylic acids is 2. The van der Waals surface area contributed by atoms with Crippen molar-refractivity contribution in [3.63, 3.8) is 0 Å². The fraction of sp³-hybridized carbons (Fsp3) is 0.633. The van der Waals surface area contributed by atoms with Gasteiger partial charge in [0.05, 0.1) is 30.0 Å². The van der Waals surface area contributed by atoms with E-state index in [1.807, 2.05) is 23.1 Å². The second-order valence-electron chi connectivity index (χ2n) is 11.4. The van der Waals surface area contributed by atoms with Gasteiger partial charge in [0.25, 0.3) is 0 Å². The molecule has 2 heterocycles. The van der Waals surface area contributed by atoms with Crippen LogP contribution in [0.2, 0.25) is 0 Å². The molecule has 1 unspecified atom stereocenters. The number of piperidine rings is 1. The van der Waals surface area contributed by atoms with E-state index in [-0.39, 0.29) is 42.3 Å². The van der Waals surface area contributed by atoms with Crippen molar-refractivity contribution in [1.82, 2.24) is 20.5 Å². The third-order valence-corrected chi connectivity index (χ3v) is 7.64. The van der Waals surface area contributed by atoms with E-state index in [1.54, 1.807) is 7.11 Å². The molecule has 1 aromatic carbocycles. The molecule has 2 amide bonds. The number of rotatable bonds is 13. The van der Waals surface area contributed by atoms with Gasteiger partial charge in [0.15, 0.2) is 0 Å². The van der Waals surface area contributed by atoms with Crippen LogP contribution in [0, 0.1) is 17.8 Å². The van der Waals surface area contributed by atoms with E-state index in [1.165, 1.54) is 0 Å². The minimum Gasteiger partial charge on any atom is -0.394 e. The second kappa shape index (κ2) is 13.5. The molecule has 3 N–H and O–H groups in total. The molecule has 38 heavy (non-hydrogen) atoms. The summed E-state index contributed by atoms with van der Waals surface area (Å²) in [4.78, 5) is 33.8. The molecule has 0 radical (unpaired) electrons. The highest BCUT2D eigenvalue weighted by Gasteiger charge is 2.39. The highest BCUT2D eigenvalue weighted by molar-refractivity contribution is 5.85. The smallest absolute Gasteiger partial charge is 0.227 e. The Morgan fingerprint density at radius 1 is 1.21 bits per heavy atom. The van der Waals surface area contributed by atoms with Crippen molar-refractivity contribution in [2.75, 3.05) is 33.4 Å². The highest BCUT2D eigenvalue weighted by Crippen LogP contribution is 2.33. The van der Waals surface area contributed by atoms with Crippen molar-refractivity contribution in [1.29, 1.82) is 0 Å². The number of carbonyl (C=O) groups is 2. The molecule has 2 fully saturated rings. The SMILES string of the molecule is COCCCc1cc(CN(C(=O)[C@H]2CNC[C@@H](C(=O)NC(CO)CC(C)C)C2)C2CC2)c2ccccc2n1. The first kappa shape index (κ1) is 28.5. The first-order chi connectivity index (χ1) is 18.4. The van der Waals surface area contributed by atoms with Crippen LogP contribution in [-0.2, 0) is 27.3 Å². The largest absolute Gasteiger partial charge is 0.394 e. The molecule has 3 atom stereocenters. The van der Waals surface area contributed by atoms with Gasteiger partial charge in [-0.25, -0.2) is 0 Å². The zero-order valence-corrected chi connectivity index (χ0v) is 23.1. The van der Waals surface area contributed by atoms with Crippen LogP contribution in [0.4, 0.5) is 0 Å². The van der Waals surface area contributed by atoms with E-state index in [0.717, 1.165) is 54.3 Å². The second-order valence-corrected chi connectivity index (χ2v) is 11.4. The molecule has 8 heteroatoms. The normalized spacial score (nSPS) is 20.4. The van der Waals surface area contributed by atoms with Crippen LogP contribution in [0.1, 0.15) is 57.2 Å². The van der Waals surface area contributed by atoms with Crippen LogP contribution in [0.25, 0.3) is 10.9 Å². The molecule has 0 spiro atoms. The number of aliphatic hydroxyl groups excluding tert-OH is 1. The number of nitrogens with zero attached hydrogens (tertiary/aromatic N) is 2. The monoisotopic (exact) mass is 524 g/mol. The number of para-hydroxylation sites is 1. The minimum atomic E-state index is -0.283. The molecule has 208 valence electrons. The average Bonchev–Trinajstić information content (AvgIpc) is 3.76. The van der Waals surface area contributed by atoms with Crippen molar-refractivity contribution in [3.05, 3.63) is 41.6 Å². The summed E-state index contributed by atoms with van der Waals surface area (Å²) in [5, 5.41) is 17.1. The number of amides is 2. The Labute approximate surface area is 226 Å². The Kier molecular flexibility index (Phi) is 10.1. The highest BCUT2D eigenvalue weighted by atomic mass is 16.5. The summed E-state index contributed by atoms with van der Waals surface area (Å²) in [6.45, 7) is 6.46. The van der Waals surface area contributed by atoms with E-state index in [2.05, 4.69) is 36.6 Å². The number of fused-ring (bicyclic) bond motifs is 1. The average molecular weight is 525 g/mol. The standard InChI is InChI=1S/C30H44N4O4/c1-20(2)13-25(19-35)33-29(36)21-14-22(17-31-16-21)30(37)34(26-10-11-26)18-23-15-24(7-6-12-38-3)32-28-9-5-4-8-27(23)28/h4-5,8-9,15,20-22,25-26,31,35H,6-7,10-14,16-19H2,1-3H3,(H,33,36)/t21-,22+,25?/m0/s1. The van der Waals surface area contributed by atoms with Gasteiger partial charge >= 0.3 is 0 Å². The summed E-state index contributed by atoms with van der Waals surface area (Å²) in [5.41, 5.74) is 3.10. The van der Waals surface area contributed by atoms with Gasteiger partial charge in [-0.2, -0.15) is 0 Å². The van der Waals surface area contributed by atoms with E-state index < -0.39 is 0 Å². The zero-order chi connectivity index (χ0) is 27.1. The van der Waals surface area contributed by atoms with Crippen molar-refractivity contribution >= 4 is 22.7 Å². The van der Waals surface area contributed by atoms with Crippen molar-refractivity contribution in [2.45, 2.75) is 71.0 Å². The van der Waals surface area contributed by atoms with Crippen molar-refractivity contribution in [3.8, 4) is 0 Å². The number of benzene rings is 1. The molecular formula is C30H44N4O4. The number of aliphatic hydroxyl groups is 1. The first-order valence-electron chi connectivity index (χ1n) is 14.2. The molecule has 8 nitrogen and oxygen atoms in total. The Bertz CT molecular complexity index is 1090. The van der Waals surface area contributed by atoms with Crippen LogP contribution in [0.15, 0.2) is 30.3 Å². The minimum absolute atomic E-state index is 0.0742. The lowest BCUT2D eigenvalue weighted by Gasteiger charge is -2.34. The molecule has 1 aromatic heterocycles. The Morgan fingerprint density at radius 3 is 2.68 bits per heavy atom. The number of hydrogen-bond acceptors (Lipinski definition) is 6. The van der Waals surface area contributed by atoms with Gasteiger partial charge in [-0.05, 0) is 62.1 Å². The first-order valence-corrected chi connectivity index (χ1v) is 14.2. The predicted octanol–water partition coefficient (Wildman–Crippen LogP) is 3.05. The lowest BCUT2D eigenvalue weighted by Crippen LogP contribution is -2.51. The number of pyridine rings is 1. The number of nitrogens with one attached hydrogen (secondary N) is 2. The zero-order valence-electron chi connectivity index (χ0n) is 23.1. The summed E-state index contributed by atoms with van der Waals surface area (Å²) >= 11 is 0. The van der Waals surface area contributed by atoms with Gasteiger partial charge in [-0.3, -0.25) is 14.6 Å². The maximum Gasteiger partial charge on any atom is 0.227 e. The van der Waals surface area contributed by atoms with Crippen LogP contribution >= 0.6 is 0 Å². The molecule has 4 rings (SSSR count). The van der Waals surface area contributed by atoms with E-state index >= 15 is 0 Å². The van der Waals surface area contributed by atoms with E-state index in [4.69, 9.17) is 9.72 Å². The van der Waals surface area contributed by atoms with Crippen molar-refractivity contribution in [2.24, 2.45) is 17.8 Å². The molecule has 1 saturated carbocycles. The lowest BCUT2D eigenvalue weighted by atomic mass is 9.88. The summed E-state index contributed by atoms with van der Waals surface area (Å²) in [6, 6.07) is 10.3. The third-order valence-electron chi connectivity index (χ3n) is 7.64. The van der Waals surface area contributed by atoms with Crippen LogP contribution in [0.3, 0.4) is 0 Å². The summed E-state index contributed by atoms with van der Waals surface area (Å²) < 4.78 is 5.23. The summed E-state index contributed by atoms with van der Waals surface area (Å²) in [6.07, 6.45) is 5.03. The molecular weight excluding hydrogens is 480 g/mol. The van der Waals surface area contributed by atoms with Gasteiger partial charge < -0.3 is 25.4 Å². The molecule has 2 aliphatic rings. The maximum absolute atomic E-state index is 13.9. The number of aryl methyl sites for hydroxylation is 1. The van der Waals surface area contributed by atoms with Crippen LogP contribution < -0.4 is 10.6 Å². The molecule has 0 bridgehead atoms. The fourth-order valence-electron chi connectivity index (χ4n) is 5.55. The molecule has 2 aromatic rings. The summed E-state index contributed by atoms with van der Waals surface area (Å²) in [7, 11) is 1.71. The topological polar surface area (TPSA) is 104 Å². The van der Waals surface area contributed by atoms with Gasteiger partial charge in [-0.1, -0.05) is 32.0 Å². The van der Waals surface area contributed by atoms with Gasteiger partial charge in [-0.15, -0.1) is 0 Å².